The smallest absolute Gasteiger partial charge is 0.227 e. The van der Waals surface area contributed by atoms with E-state index >= 15 is 0 Å². The molecule has 7 rings (SSSR count). The van der Waals surface area contributed by atoms with Crippen LogP contribution in [0.5, 0.6) is 0 Å². The first-order valence-corrected chi connectivity index (χ1v) is 11.8. The minimum Gasteiger partial charge on any atom is -0.335 e. The van der Waals surface area contributed by atoms with Crippen LogP contribution in [0.2, 0.25) is 0 Å². The number of carbonyl (C=O) groups is 1. The Labute approximate surface area is 209 Å². The van der Waals surface area contributed by atoms with Gasteiger partial charge in [-0.25, -0.2) is 14.4 Å². The summed E-state index contributed by atoms with van der Waals surface area (Å²) in [6, 6.07) is 11.9. The second kappa shape index (κ2) is 8.30. The molecule has 180 valence electrons. The van der Waals surface area contributed by atoms with Crippen molar-refractivity contribution in [2.75, 3.05) is 5.32 Å². The molecule has 0 unspecified atom stereocenters. The number of hydrogen-bond acceptors (Lipinski definition) is 6. The van der Waals surface area contributed by atoms with Crippen LogP contribution in [0.25, 0.3) is 56.0 Å². The molecule has 1 saturated carbocycles. The number of aromatic amines is 2. The van der Waals surface area contributed by atoms with Gasteiger partial charge in [-0.1, -0.05) is 12.1 Å². The van der Waals surface area contributed by atoms with E-state index in [0.717, 1.165) is 46.0 Å². The monoisotopic (exact) mass is 490 g/mol. The van der Waals surface area contributed by atoms with Gasteiger partial charge in [0.1, 0.15) is 11.5 Å². The molecule has 10 heteroatoms. The fourth-order valence-corrected chi connectivity index (χ4v) is 4.39. The van der Waals surface area contributed by atoms with Gasteiger partial charge in [-0.2, -0.15) is 5.10 Å². The van der Waals surface area contributed by atoms with Gasteiger partial charge in [0.25, 0.3) is 0 Å². The molecular formula is C27H19FN8O. The summed E-state index contributed by atoms with van der Waals surface area (Å²) in [5.41, 5.74) is 6.44. The number of benzene rings is 1. The van der Waals surface area contributed by atoms with E-state index in [4.69, 9.17) is 0 Å². The van der Waals surface area contributed by atoms with Crippen molar-refractivity contribution in [3.8, 4) is 33.9 Å². The van der Waals surface area contributed by atoms with Crippen molar-refractivity contribution < 1.29 is 9.18 Å². The number of anilines is 1. The molecule has 1 amide bonds. The van der Waals surface area contributed by atoms with Gasteiger partial charge in [0.05, 0.1) is 34.8 Å². The summed E-state index contributed by atoms with van der Waals surface area (Å²) in [7, 11) is 0. The second-order valence-electron chi connectivity index (χ2n) is 9.06. The zero-order chi connectivity index (χ0) is 24.9. The first kappa shape index (κ1) is 21.3. The zero-order valence-corrected chi connectivity index (χ0v) is 19.4. The fourth-order valence-electron chi connectivity index (χ4n) is 4.39. The highest BCUT2D eigenvalue weighted by atomic mass is 19.1. The number of carbonyl (C=O) groups excluding carboxylic acids is 1. The van der Waals surface area contributed by atoms with Crippen molar-refractivity contribution in [3.05, 3.63) is 73.1 Å². The number of nitrogens with one attached hydrogen (secondary N) is 3. The highest BCUT2D eigenvalue weighted by Crippen LogP contribution is 2.33. The lowest BCUT2D eigenvalue weighted by Crippen LogP contribution is -2.13. The van der Waals surface area contributed by atoms with Crippen LogP contribution in [0.15, 0.2) is 67.3 Å². The van der Waals surface area contributed by atoms with E-state index in [1.807, 2.05) is 18.2 Å². The number of H-pyrrole nitrogens is 2. The number of imidazole rings is 1. The third kappa shape index (κ3) is 3.88. The van der Waals surface area contributed by atoms with Gasteiger partial charge < -0.3 is 10.3 Å². The number of rotatable bonds is 5. The average molecular weight is 491 g/mol. The van der Waals surface area contributed by atoms with E-state index in [-0.39, 0.29) is 17.6 Å². The molecule has 5 heterocycles. The van der Waals surface area contributed by atoms with E-state index in [2.05, 4.69) is 40.4 Å². The van der Waals surface area contributed by atoms with Crippen molar-refractivity contribution in [3.63, 3.8) is 0 Å². The zero-order valence-electron chi connectivity index (χ0n) is 19.4. The number of fused-ring (bicyclic) bond motifs is 2. The molecule has 6 aromatic rings. The Hall–Kier alpha value is -4.99. The molecule has 1 aliphatic carbocycles. The predicted molar refractivity (Wildman–Crippen MR) is 137 cm³/mol. The van der Waals surface area contributed by atoms with Crippen LogP contribution < -0.4 is 5.32 Å². The Bertz CT molecular complexity index is 1800. The van der Waals surface area contributed by atoms with Gasteiger partial charge in [0.15, 0.2) is 11.5 Å². The van der Waals surface area contributed by atoms with Crippen LogP contribution >= 0.6 is 0 Å². The highest BCUT2D eigenvalue weighted by Gasteiger charge is 2.29. The maximum atomic E-state index is 13.5. The Balaban J connectivity index is 1.28. The minimum atomic E-state index is -0.294. The van der Waals surface area contributed by atoms with Crippen LogP contribution in [0.4, 0.5) is 10.1 Å². The highest BCUT2D eigenvalue weighted by molar-refractivity contribution is 5.97. The Morgan fingerprint density at radius 1 is 1.00 bits per heavy atom. The standard InChI is InChI=1S/C27H19FN8O/c28-17-5-3-14(4-6-17)19-7-8-30-25-23(19)33-26(34-25)24-20-10-21(31-13-22(20)35-36-24)16-9-18(12-29-11-16)32-27(37)15-1-2-15/h3-13,15H,1-2H2,(H,32,37)(H,35,36)(H,30,33,34). The Morgan fingerprint density at radius 3 is 2.70 bits per heavy atom. The molecule has 37 heavy (non-hydrogen) atoms. The topological polar surface area (TPSA) is 125 Å². The van der Waals surface area contributed by atoms with E-state index in [0.29, 0.717) is 28.5 Å². The SMILES string of the molecule is O=C(Nc1cncc(-c2cc3c(-c4nc5nccc(-c6ccc(F)cc6)c5[nH]4)n[nH]c3cn2)c1)C1CC1. The molecule has 3 N–H and O–H groups in total. The molecule has 0 atom stereocenters. The van der Waals surface area contributed by atoms with E-state index < -0.39 is 0 Å². The lowest BCUT2D eigenvalue weighted by Gasteiger charge is -2.06. The number of amides is 1. The van der Waals surface area contributed by atoms with Crippen LogP contribution in [0.3, 0.4) is 0 Å². The maximum absolute atomic E-state index is 13.5. The van der Waals surface area contributed by atoms with Crippen LogP contribution in [-0.2, 0) is 4.79 Å². The van der Waals surface area contributed by atoms with Gasteiger partial charge in [-0.15, -0.1) is 0 Å². The normalized spacial score (nSPS) is 13.3. The van der Waals surface area contributed by atoms with Crippen LogP contribution in [0.1, 0.15) is 12.8 Å². The number of aromatic nitrogens is 7. The molecule has 1 aromatic carbocycles. The molecule has 1 aliphatic rings. The summed E-state index contributed by atoms with van der Waals surface area (Å²) in [4.78, 5) is 33.4. The van der Waals surface area contributed by atoms with Crippen molar-refractivity contribution in [2.24, 2.45) is 5.92 Å². The molecule has 0 aliphatic heterocycles. The van der Waals surface area contributed by atoms with Gasteiger partial charge >= 0.3 is 0 Å². The van der Waals surface area contributed by atoms with Crippen molar-refractivity contribution in [1.82, 2.24) is 35.1 Å². The average Bonchev–Trinajstić information content (AvgIpc) is 3.55. The maximum Gasteiger partial charge on any atom is 0.227 e. The lowest BCUT2D eigenvalue weighted by atomic mass is 10.1. The lowest BCUT2D eigenvalue weighted by molar-refractivity contribution is -0.117. The molecule has 1 fully saturated rings. The van der Waals surface area contributed by atoms with Gasteiger partial charge in [0.2, 0.25) is 5.91 Å². The molecule has 5 aromatic heterocycles. The number of halogens is 1. The molecule has 0 saturated heterocycles. The number of nitrogens with zero attached hydrogens (tertiary/aromatic N) is 5. The summed E-state index contributed by atoms with van der Waals surface area (Å²) in [5.74, 6) is 0.383. The Kier molecular flexibility index (Phi) is 4.78. The largest absolute Gasteiger partial charge is 0.335 e. The van der Waals surface area contributed by atoms with E-state index in [1.165, 1.54) is 12.1 Å². The molecule has 0 bridgehead atoms. The summed E-state index contributed by atoms with van der Waals surface area (Å²) >= 11 is 0. The van der Waals surface area contributed by atoms with Crippen molar-refractivity contribution in [1.29, 1.82) is 0 Å². The Morgan fingerprint density at radius 2 is 1.86 bits per heavy atom. The van der Waals surface area contributed by atoms with Gasteiger partial charge in [0, 0.05) is 34.8 Å². The van der Waals surface area contributed by atoms with E-state index in [9.17, 15) is 9.18 Å². The van der Waals surface area contributed by atoms with Crippen molar-refractivity contribution in [2.45, 2.75) is 12.8 Å². The molecule has 0 radical (unpaired) electrons. The molecule has 0 spiro atoms. The minimum absolute atomic E-state index is 0.0259. The summed E-state index contributed by atoms with van der Waals surface area (Å²) in [6.45, 7) is 0. The first-order valence-electron chi connectivity index (χ1n) is 11.8. The fraction of sp³-hybridized carbons (Fsp3) is 0.111. The first-order chi connectivity index (χ1) is 18.1. The predicted octanol–water partition coefficient (Wildman–Crippen LogP) is 5.11. The number of pyridine rings is 3. The third-order valence-corrected chi connectivity index (χ3v) is 6.47. The van der Waals surface area contributed by atoms with Crippen LogP contribution in [0, 0.1) is 11.7 Å². The quantitative estimate of drug-likeness (QED) is 0.308. The summed E-state index contributed by atoms with van der Waals surface area (Å²) in [5, 5.41) is 11.2. The van der Waals surface area contributed by atoms with Crippen molar-refractivity contribution >= 4 is 33.7 Å². The number of hydrogen-bond donors (Lipinski definition) is 3. The van der Waals surface area contributed by atoms with Gasteiger partial charge in [-0.05, 0) is 48.7 Å². The van der Waals surface area contributed by atoms with Gasteiger partial charge in [-0.3, -0.25) is 19.9 Å². The second-order valence-corrected chi connectivity index (χ2v) is 9.06. The van der Waals surface area contributed by atoms with E-state index in [1.54, 1.807) is 36.9 Å². The summed E-state index contributed by atoms with van der Waals surface area (Å²) in [6.07, 6.45) is 8.60. The van der Waals surface area contributed by atoms with Crippen LogP contribution in [-0.4, -0.2) is 41.0 Å². The summed E-state index contributed by atoms with van der Waals surface area (Å²) < 4.78 is 13.5. The molecule has 9 nitrogen and oxygen atoms in total. The third-order valence-electron chi connectivity index (χ3n) is 6.47. The molecular weight excluding hydrogens is 471 g/mol.